The Bertz CT molecular complexity index is 759. The molecular formula is C16H20N4O2S2. The molecule has 0 saturated heterocycles. The summed E-state index contributed by atoms with van der Waals surface area (Å²) in [4.78, 5) is 20.5. The highest BCUT2D eigenvalue weighted by atomic mass is 32.1. The lowest BCUT2D eigenvalue weighted by Gasteiger charge is -2.16. The molecular weight excluding hydrogens is 344 g/mol. The van der Waals surface area contributed by atoms with Crippen LogP contribution in [0, 0.1) is 0 Å². The van der Waals surface area contributed by atoms with E-state index in [1.807, 2.05) is 23.0 Å². The van der Waals surface area contributed by atoms with Crippen molar-refractivity contribution in [1.29, 1.82) is 0 Å². The summed E-state index contributed by atoms with van der Waals surface area (Å²) < 4.78 is 8.22. The van der Waals surface area contributed by atoms with Crippen molar-refractivity contribution in [1.82, 2.24) is 14.8 Å². The van der Waals surface area contributed by atoms with Crippen molar-refractivity contribution >= 4 is 43.3 Å². The Hall–Kier alpha value is -1.93. The number of esters is 1. The fourth-order valence-electron chi connectivity index (χ4n) is 2.35. The number of aryl methyl sites for hydroxylation is 1. The van der Waals surface area contributed by atoms with E-state index in [1.165, 1.54) is 11.3 Å². The van der Waals surface area contributed by atoms with Gasteiger partial charge in [0.15, 0.2) is 5.13 Å². The van der Waals surface area contributed by atoms with Crippen LogP contribution >= 0.6 is 22.7 Å². The maximum Gasteiger partial charge on any atom is 0.348 e. The number of nitrogens with zero attached hydrogens (tertiary/aromatic N) is 4. The van der Waals surface area contributed by atoms with Crippen molar-refractivity contribution in [3.05, 3.63) is 29.4 Å². The Kier molecular flexibility index (Phi) is 5.47. The normalized spacial score (nSPS) is 11.1. The van der Waals surface area contributed by atoms with E-state index in [0.717, 1.165) is 40.7 Å². The first kappa shape index (κ1) is 16.9. The Labute approximate surface area is 148 Å². The largest absolute Gasteiger partial charge is 0.461 e. The molecule has 0 saturated carbocycles. The van der Waals surface area contributed by atoms with Crippen molar-refractivity contribution in [2.45, 2.75) is 26.8 Å². The number of carbonyl (C=O) groups excluding carboxylic acids is 1. The third-order valence-electron chi connectivity index (χ3n) is 3.64. The van der Waals surface area contributed by atoms with Crippen molar-refractivity contribution in [3.63, 3.8) is 0 Å². The minimum absolute atomic E-state index is 0.268. The van der Waals surface area contributed by atoms with Gasteiger partial charge in [-0.25, -0.2) is 9.78 Å². The summed E-state index contributed by atoms with van der Waals surface area (Å²) in [6.45, 7) is 7.23. The van der Waals surface area contributed by atoms with Gasteiger partial charge in [-0.1, -0.05) is 11.3 Å². The first-order valence-corrected chi connectivity index (χ1v) is 9.64. The van der Waals surface area contributed by atoms with Gasteiger partial charge in [0, 0.05) is 38.4 Å². The molecule has 0 unspecified atom stereocenters. The van der Waals surface area contributed by atoms with Crippen molar-refractivity contribution < 1.29 is 9.53 Å². The fourth-order valence-corrected chi connectivity index (χ4v) is 4.58. The van der Waals surface area contributed by atoms with Gasteiger partial charge in [-0.3, -0.25) is 4.68 Å². The fraction of sp³-hybridized carbons (Fsp3) is 0.438. The molecule has 0 aliphatic heterocycles. The molecule has 0 bridgehead atoms. The standard InChI is InChI=1S/C16H20N4O2S2/c1-3-19(4-2)16-18-14-12(24-16)11-13(23-14)15(21)22-10-6-9-20-8-5-7-17-20/h5,7-8,11H,3-4,6,9-10H2,1-2H3. The molecule has 3 aromatic rings. The van der Waals surface area contributed by atoms with Crippen LogP contribution in [0.15, 0.2) is 24.5 Å². The zero-order chi connectivity index (χ0) is 16.9. The van der Waals surface area contributed by atoms with Crippen LogP contribution in [0.5, 0.6) is 0 Å². The van der Waals surface area contributed by atoms with Gasteiger partial charge >= 0.3 is 5.97 Å². The molecule has 6 nitrogen and oxygen atoms in total. The van der Waals surface area contributed by atoms with Crippen LogP contribution in [0.25, 0.3) is 9.53 Å². The van der Waals surface area contributed by atoms with Gasteiger partial charge in [0.05, 0.1) is 11.3 Å². The molecule has 0 fully saturated rings. The number of hydrogen-bond donors (Lipinski definition) is 0. The van der Waals surface area contributed by atoms with E-state index < -0.39 is 0 Å². The lowest BCUT2D eigenvalue weighted by Crippen LogP contribution is -2.21. The van der Waals surface area contributed by atoms with Gasteiger partial charge in [0.2, 0.25) is 0 Å². The van der Waals surface area contributed by atoms with Crippen molar-refractivity contribution in [2.75, 3.05) is 24.6 Å². The van der Waals surface area contributed by atoms with E-state index in [0.29, 0.717) is 11.5 Å². The Morgan fingerprint density at radius 3 is 2.83 bits per heavy atom. The summed E-state index contributed by atoms with van der Waals surface area (Å²) in [7, 11) is 0. The number of anilines is 1. The molecule has 0 spiro atoms. The predicted molar refractivity (Wildman–Crippen MR) is 98.2 cm³/mol. The summed E-state index contributed by atoms with van der Waals surface area (Å²) in [5, 5.41) is 5.13. The Morgan fingerprint density at radius 2 is 2.17 bits per heavy atom. The van der Waals surface area contributed by atoms with E-state index in [9.17, 15) is 4.79 Å². The molecule has 0 amide bonds. The van der Waals surface area contributed by atoms with Crippen LogP contribution < -0.4 is 4.90 Å². The van der Waals surface area contributed by atoms with Gasteiger partial charge in [-0.2, -0.15) is 5.10 Å². The maximum atomic E-state index is 12.1. The zero-order valence-corrected chi connectivity index (χ0v) is 15.4. The highest BCUT2D eigenvalue weighted by Gasteiger charge is 2.16. The lowest BCUT2D eigenvalue weighted by molar-refractivity contribution is 0.0501. The quantitative estimate of drug-likeness (QED) is 0.451. The average molecular weight is 364 g/mol. The third-order valence-corrected chi connectivity index (χ3v) is 5.84. The number of carbonyl (C=O) groups is 1. The number of hydrogen-bond acceptors (Lipinski definition) is 7. The van der Waals surface area contributed by atoms with Crippen LogP contribution in [-0.4, -0.2) is 40.4 Å². The summed E-state index contributed by atoms with van der Waals surface area (Å²) in [5.41, 5.74) is 0. The number of thiazole rings is 1. The second kappa shape index (κ2) is 7.76. The molecule has 0 radical (unpaired) electrons. The summed E-state index contributed by atoms with van der Waals surface area (Å²) in [6.07, 6.45) is 4.38. The van der Waals surface area contributed by atoms with Crippen LogP contribution in [0.2, 0.25) is 0 Å². The molecule has 0 aliphatic carbocycles. The molecule has 3 aromatic heterocycles. The number of thiophene rings is 1. The SMILES string of the molecule is CCN(CC)c1nc2sc(C(=O)OCCCn3cccn3)cc2s1. The van der Waals surface area contributed by atoms with Gasteiger partial charge in [-0.05, 0) is 26.0 Å². The van der Waals surface area contributed by atoms with E-state index >= 15 is 0 Å². The molecule has 0 aromatic carbocycles. The minimum Gasteiger partial charge on any atom is -0.461 e. The Balaban J connectivity index is 1.56. The van der Waals surface area contributed by atoms with E-state index in [4.69, 9.17) is 4.74 Å². The van der Waals surface area contributed by atoms with Gasteiger partial charge < -0.3 is 9.64 Å². The second-order valence-corrected chi connectivity index (χ2v) is 7.25. The summed E-state index contributed by atoms with van der Waals surface area (Å²) in [5.74, 6) is -0.268. The second-order valence-electron chi connectivity index (χ2n) is 5.21. The van der Waals surface area contributed by atoms with Crippen LogP contribution in [0.4, 0.5) is 5.13 Å². The zero-order valence-electron chi connectivity index (χ0n) is 13.8. The highest BCUT2D eigenvalue weighted by molar-refractivity contribution is 7.29. The smallest absolute Gasteiger partial charge is 0.348 e. The summed E-state index contributed by atoms with van der Waals surface area (Å²) in [6, 6.07) is 3.77. The van der Waals surface area contributed by atoms with E-state index in [2.05, 4.69) is 28.8 Å². The van der Waals surface area contributed by atoms with Crippen LogP contribution in [0.3, 0.4) is 0 Å². The molecule has 0 N–H and O–H groups in total. The molecule has 3 heterocycles. The van der Waals surface area contributed by atoms with Crippen molar-refractivity contribution in [3.8, 4) is 0 Å². The monoisotopic (exact) mass is 364 g/mol. The first-order valence-electron chi connectivity index (χ1n) is 8.01. The first-order chi connectivity index (χ1) is 11.7. The van der Waals surface area contributed by atoms with Gasteiger partial charge in [-0.15, -0.1) is 11.3 Å². The molecule has 128 valence electrons. The summed E-state index contributed by atoms with van der Waals surface area (Å²) >= 11 is 3.03. The van der Waals surface area contributed by atoms with E-state index in [-0.39, 0.29) is 5.97 Å². The minimum atomic E-state index is -0.268. The Morgan fingerprint density at radius 1 is 1.33 bits per heavy atom. The third kappa shape index (κ3) is 3.76. The van der Waals surface area contributed by atoms with Gasteiger partial charge in [0.25, 0.3) is 0 Å². The molecule has 0 atom stereocenters. The molecule has 0 aliphatic rings. The number of ether oxygens (including phenoxy) is 1. The number of fused-ring (bicyclic) bond motifs is 1. The average Bonchev–Trinajstić information content (AvgIpc) is 3.28. The number of aromatic nitrogens is 3. The molecule has 8 heteroatoms. The maximum absolute atomic E-state index is 12.1. The molecule has 24 heavy (non-hydrogen) atoms. The number of rotatable bonds is 8. The highest BCUT2D eigenvalue weighted by Crippen LogP contribution is 2.34. The lowest BCUT2D eigenvalue weighted by atomic mass is 10.4. The van der Waals surface area contributed by atoms with Crippen LogP contribution in [0.1, 0.15) is 29.9 Å². The predicted octanol–water partition coefficient (Wildman–Crippen LogP) is 3.65. The topological polar surface area (TPSA) is 60.3 Å². The van der Waals surface area contributed by atoms with Crippen LogP contribution in [-0.2, 0) is 11.3 Å². The van der Waals surface area contributed by atoms with E-state index in [1.54, 1.807) is 17.5 Å². The van der Waals surface area contributed by atoms with Crippen molar-refractivity contribution in [2.24, 2.45) is 0 Å². The molecule has 3 rings (SSSR count). The van der Waals surface area contributed by atoms with Gasteiger partial charge in [0.1, 0.15) is 9.71 Å².